The molecule has 1 aromatic rings. The van der Waals surface area contributed by atoms with Crippen LogP contribution in [0.25, 0.3) is 0 Å². The molecule has 1 rings (SSSR count). The van der Waals surface area contributed by atoms with Crippen LogP contribution in [0.4, 0.5) is 0 Å². The first-order valence-electron chi connectivity index (χ1n) is 7.24. The second kappa shape index (κ2) is 9.37. The van der Waals surface area contributed by atoms with Gasteiger partial charge in [-0.15, -0.1) is 0 Å². The number of ether oxygens (including phenoxy) is 1. The van der Waals surface area contributed by atoms with E-state index in [-0.39, 0.29) is 6.10 Å². The smallest absolute Gasteiger partial charge is 0.373 e. The third kappa shape index (κ3) is 6.57. The maximum Gasteiger partial charge on any atom is 0.373 e. The van der Waals surface area contributed by atoms with Crippen molar-refractivity contribution in [1.29, 1.82) is 0 Å². The maximum absolute atomic E-state index is 11.6. The lowest BCUT2D eigenvalue weighted by Crippen LogP contribution is -2.10. The number of rotatable bonds is 9. The SMILES string of the molecule is CCCCCCOc1ccc(C(=O)OOC(C)C)cc1. The standard InChI is InChI=1S/C16H24O4/c1-4-5-6-7-12-18-15-10-8-14(9-11-15)16(17)20-19-13(2)3/h8-11,13H,4-7,12H2,1-3H3. The van der Waals surface area contributed by atoms with Crippen molar-refractivity contribution < 1.29 is 19.3 Å². The Labute approximate surface area is 121 Å². The van der Waals surface area contributed by atoms with E-state index in [4.69, 9.17) is 9.62 Å². The van der Waals surface area contributed by atoms with Crippen LogP contribution < -0.4 is 4.74 Å². The second-order valence-electron chi connectivity index (χ2n) is 4.95. The van der Waals surface area contributed by atoms with Gasteiger partial charge in [-0.1, -0.05) is 26.2 Å². The van der Waals surface area contributed by atoms with Crippen LogP contribution in [0.15, 0.2) is 24.3 Å². The topological polar surface area (TPSA) is 44.8 Å². The van der Waals surface area contributed by atoms with Crippen molar-refractivity contribution in [2.24, 2.45) is 0 Å². The fourth-order valence-electron chi connectivity index (χ4n) is 1.59. The van der Waals surface area contributed by atoms with Gasteiger partial charge in [-0.2, -0.15) is 4.89 Å². The summed E-state index contributed by atoms with van der Waals surface area (Å²) in [4.78, 5) is 21.1. The Morgan fingerprint density at radius 2 is 1.80 bits per heavy atom. The van der Waals surface area contributed by atoms with E-state index in [2.05, 4.69) is 11.8 Å². The Kier molecular flexibility index (Phi) is 7.73. The number of hydrogen-bond acceptors (Lipinski definition) is 4. The first kappa shape index (κ1) is 16.5. The minimum atomic E-state index is -0.492. The molecule has 0 aliphatic carbocycles. The van der Waals surface area contributed by atoms with Gasteiger partial charge in [-0.25, -0.2) is 4.79 Å². The summed E-state index contributed by atoms with van der Waals surface area (Å²) in [6, 6.07) is 6.89. The summed E-state index contributed by atoms with van der Waals surface area (Å²) in [7, 11) is 0. The van der Waals surface area contributed by atoms with Gasteiger partial charge in [-0.05, 0) is 44.5 Å². The molecule has 0 fully saturated rings. The molecule has 0 saturated heterocycles. The Morgan fingerprint density at radius 1 is 1.10 bits per heavy atom. The monoisotopic (exact) mass is 280 g/mol. The van der Waals surface area contributed by atoms with Gasteiger partial charge in [0.05, 0.1) is 18.3 Å². The fourth-order valence-corrected chi connectivity index (χ4v) is 1.59. The zero-order valence-electron chi connectivity index (χ0n) is 12.6. The van der Waals surface area contributed by atoms with Gasteiger partial charge in [0, 0.05) is 0 Å². The average molecular weight is 280 g/mol. The summed E-state index contributed by atoms with van der Waals surface area (Å²) >= 11 is 0. The highest BCUT2D eigenvalue weighted by atomic mass is 17.2. The van der Waals surface area contributed by atoms with E-state index in [1.165, 1.54) is 19.3 Å². The third-order valence-electron chi connectivity index (χ3n) is 2.67. The van der Waals surface area contributed by atoms with Crippen molar-refractivity contribution in [3.63, 3.8) is 0 Å². The quantitative estimate of drug-likeness (QED) is 0.387. The van der Waals surface area contributed by atoms with E-state index >= 15 is 0 Å². The van der Waals surface area contributed by atoms with Gasteiger partial charge in [0.2, 0.25) is 0 Å². The van der Waals surface area contributed by atoms with Gasteiger partial charge >= 0.3 is 5.97 Å². The van der Waals surface area contributed by atoms with Gasteiger partial charge < -0.3 is 4.74 Å². The van der Waals surface area contributed by atoms with E-state index < -0.39 is 5.97 Å². The molecule has 0 bridgehead atoms. The molecule has 0 atom stereocenters. The van der Waals surface area contributed by atoms with Gasteiger partial charge in [-0.3, -0.25) is 4.89 Å². The Balaban J connectivity index is 2.34. The number of benzene rings is 1. The first-order valence-corrected chi connectivity index (χ1v) is 7.24. The number of carbonyl (C=O) groups excluding carboxylic acids is 1. The van der Waals surface area contributed by atoms with Gasteiger partial charge in [0.25, 0.3) is 0 Å². The lowest BCUT2D eigenvalue weighted by atomic mass is 10.2. The van der Waals surface area contributed by atoms with E-state index in [9.17, 15) is 4.79 Å². The molecule has 0 N–H and O–H groups in total. The lowest BCUT2D eigenvalue weighted by molar-refractivity contribution is -0.265. The summed E-state index contributed by atoms with van der Waals surface area (Å²) < 4.78 is 5.60. The molecule has 20 heavy (non-hydrogen) atoms. The van der Waals surface area contributed by atoms with E-state index in [0.29, 0.717) is 12.2 Å². The zero-order valence-corrected chi connectivity index (χ0v) is 12.6. The summed E-state index contributed by atoms with van der Waals surface area (Å²) in [6.45, 7) is 6.48. The number of unbranched alkanes of at least 4 members (excludes halogenated alkanes) is 3. The molecule has 0 aliphatic rings. The van der Waals surface area contributed by atoms with Crippen molar-refractivity contribution in [2.45, 2.75) is 52.6 Å². The predicted molar refractivity (Wildman–Crippen MR) is 77.7 cm³/mol. The molecule has 0 radical (unpaired) electrons. The van der Waals surface area contributed by atoms with E-state index in [1.54, 1.807) is 38.1 Å². The first-order chi connectivity index (χ1) is 9.63. The normalized spacial score (nSPS) is 10.6. The molecule has 0 aliphatic heterocycles. The van der Waals surface area contributed by atoms with E-state index in [0.717, 1.165) is 12.2 Å². The second-order valence-corrected chi connectivity index (χ2v) is 4.95. The van der Waals surface area contributed by atoms with Crippen molar-refractivity contribution >= 4 is 5.97 Å². The minimum Gasteiger partial charge on any atom is -0.494 e. The van der Waals surface area contributed by atoms with Crippen LogP contribution in [0, 0.1) is 0 Å². The summed E-state index contributed by atoms with van der Waals surface area (Å²) in [5.41, 5.74) is 0.448. The van der Waals surface area contributed by atoms with Crippen molar-refractivity contribution in [2.75, 3.05) is 6.61 Å². The van der Waals surface area contributed by atoms with Gasteiger partial charge in [0.1, 0.15) is 5.75 Å². The summed E-state index contributed by atoms with van der Waals surface area (Å²) in [5, 5.41) is 0. The molecule has 1 aromatic carbocycles. The minimum absolute atomic E-state index is 0.148. The highest BCUT2D eigenvalue weighted by Gasteiger charge is 2.09. The maximum atomic E-state index is 11.6. The van der Waals surface area contributed by atoms with Crippen LogP contribution in [0.2, 0.25) is 0 Å². The van der Waals surface area contributed by atoms with Crippen LogP contribution in [-0.2, 0) is 9.78 Å². The van der Waals surface area contributed by atoms with Crippen molar-refractivity contribution in [3.8, 4) is 5.75 Å². The Bertz CT molecular complexity index is 384. The number of carbonyl (C=O) groups is 1. The van der Waals surface area contributed by atoms with Crippen LogP contribution in [-0.4, -0.2) is 18.7 Å². The summed E-state index contributed by atoms with van der Waals surface area (Å²) in [5.74, 6) is 0.274. The molecule has 112 valence electrons. The molecule has 0 amide bonds. The van der Waals surface area contributed by atoms with E-state index in [1.807, 2.05) is 0 Å². The van der Waals surface area contributed by atoms with Crippen molar-refractivity contribution in [3.05, 3.63) is 29.8 Å². The zero-order chi connectivity index (χ0) is 14.8. The molecule has 0 unspecified atom stereocenters. The molecular weight excluding hydrogens is 256 g/mol. The molecule has 0 aromatic heterocycles. The van der Waals surface area contributed by atoms with Gasteiger partial charge in [0.15, 0.2) is 0 Å². The average Bonchev–Trinajstić information content (AvgIpc) is 2.45. The largest absolute Gasteiger partial charge is 0.494 e. The third-order valence-corrected chi connectivity index (χ3v) is 2.67. The molecule has 0 saturated carbocycles. The highest BCUT2D eigenvalue weighted by Crippen LogP contribution is 2.14. The Morgan fingerprint density at radius 3 is 2.40 bits per heavy atom. The molecule has 4 nitrogen and oxygen atoms in total. The molecule has 0 spiro atoms. The van der Waals surface area contributed by atoms with Crippen LogP contribution in [0.3, 0.4) is 0 Å². The molecule has 0 heterocycles. The van der Waals surface area contributed by atoms with Crippen molar-refractivity contribution in [1.82, 2.24) is 0 Å². The van der Waals surface area contributed by atoms with Crippen LogP contribution in [0.5, 0.6) is 5.75 Å². The molecular formula is C16H24O4. The number of hydrogen-bond donors (Lipinski definition) is 0. The predicted octanol–water partition coefficient (Wildman–Crippen LogP) is 4.14. The molecule has 4 heteroatoms. The lowest BCUT2D eigenvalue weighted by Gasteiger charge is -2.08. The highest BCUT2D eigenvalue weighted by molar-refractivity contribution is 5.89. The van der Waals surface area contributed by atoms with Crippen LogP contribution >= 0.6 is 0 Å². The van der Waals surface area contributed by atoms with Crippen LogP contribution in [0.1, 0.15) is 56.8 Å². The fraction of sp³-hybridized carbons (Fsp3) is 0.562. The summed E-state index contributed by atoms with van der Waals surface area (Å²) in [6.07, 6.45) is 4.55. The Hall–Kier alpha value is -1.55.